The Labute approximate surface area is 160 Å². The van der Waals surface area contributed by atoms with Crippen molar-refractivity contribution in [2.45, 2.75) is 22.5 Å². The molecular formula is C17H14Cl4O3. The average molecular weight is 408 g/mol. The minimum Gasteiger partial charge on any atom is -0.395 e. The highest BCUT2D eigenvalue weighted by molar-refractivity contribution is 6.44. The highest BCUT2D eigenvalue weighted by atomic mass is 35.5. The van der Waals surface area contributed by atoms with Crippen molar-refractivity contribution < 1.29 is 14.3 Å². The molecule has 0 aromatic heterocycles. The van der Waals surface area contributed by atoms with Gasteiger partial charge in [0.05, 0.1) is 0 Å². The summed E-state index contributed by atoms with van der Waals surface area (Å²) < 4.78 is 10.2. The van der Waals surface area contributed by atoms with Crippen molar-refractivity contribution in [3.63, 3.8) is 0 Å². The standard InChI is InChI=1S/C17H14Cl4O3/c18-15(19)9-11-1-5-13(6-2-11)23-17(22)24-14-7-3-12(4-8-14)10-16(20)21/h1-8,15-16H,9-10H2. The maximum Gasteiger partial charge on any atom is 0.519 e. The second kappa shape index (κ2) is 9.38. The Kier molecular flexibility index (Phi) is 7.50. The van der Waals surface area contributed by atoms with Crippen LogP contribution < -0.4 is 9.47 Å². The Hall–Kier alpha value is -1.13. The molecular weight excluding hydrogens is 394 g/mol. The largest absolute Gasteiger partial charge is 0.519 e. The third-order valence-electron chi connectivity index (χ3n) is 3.03. The molecule has 0 radical (unpaired) electrons. The molecule has 0 saturated heterocycles. The number of benzene rings is 2. The third-order valence-corrected chi connectivity index (χ3v) is 3.65. The third kappa shape index (κ3) is 6.78. The highest BCUT2D eigenvalue weighted by Crippen LogP contribution is 2.19. The molecule has 2 aromatic rings. The Morgan fingerprint density at radius 1 is 0.708 bits per heavy atom. The molecule has 0 N–H and O–H groups in total. The highest BCUT2D eigenvalue weighted by Gasteiger charge is 2.09. The lowest BCUT2D eigenvalue weighted by molar-refractivity contribution is 0.152. The van der Waals surface area contributed by atoms with E-state index < -0.39 is 15.8 Å². The summed E-state index contributed by atoms with van der Waals surface area (Å²) >= 11 is 22.8. The number of carbonyl (C=O) groups excluding carboxylic acids is 1. The molecule has 0 unspecified atom stereocenters. The summed E-state index contributed by atoms with van der Waals surface area (Å²) in [6, 6.07) is 13.7. The predicted octanol–water partition coefficient (Wildman–Crippen LogP) is 5.96. The Morgan fingerprint density at radius 2 is 1.04 bits per heavy atom. The number of hydrogen-bond donors (Lipinski definition) is 0. The number of hydrogen-bond acceptors (Lipinski definition) is 3. The SMILES string of the molecule is O=C(Oc1ccc(CC(Cl)Cl)cc1)Oc1ccc(CC(Cl)Cl)cc1. The van der Waals surface area contributed by atoms with Crippen LogP contribution in [0.1, 0.15) is 11.1 Å². The number of rotatable bonds is 6. The van der Waals surface area contributed by atoms with Crippen LogP contribution in [0, 0.1) is 0 Å². The van der Waals surface area contributed by atoms with Crippen LogP contribution in [0.3, 0.4) is 0 Å². The molecule has 0 heterocycles. The second-order valence-electron chi connectivity index (χ2n) is 4.93. The van der Waals surface area contributed by atoms with Gasteiger partial charge in [0.2, 0.25) is 0 Å². The molecule has 24 heavy (non-hydrogen) atoms. The molecule has 3 nitrogen and oxygen atoms in total. The van der Waals surface area contributed by atoms with Gasteiger partial charge < -0.3 is 9.47 Å². The number of ether oxygens (including phenoxy) is 2. The molecule has 2 rings (SSSR count). The molecule has 0 atom stereocenters. The van der Waals surface area contributed by atoms with E-state index in [0.29, 0.717) is 24.3 Å². The summed E-state index contributed by atoms with van der Waals surface area (Å²) in [7, 11) is 0. The van der Waals surface area contributed by atoms with Gasteiger partial charge in [0.25, 0.3) is 0 Å². The van der Waals surface area contributed by atoms with Crippen LogP contribution in [-0.2, 0) is 12.8 Å². The Morgan fingerprint density at radius 3 is 1.33 bits per heavy atom. The number of halogens is 4. The molecule has 0 saturated carbocycles. The van der Waals surface area contributed by atoms with Crippen LogP contribution in [0.15, 0.2) is 48.5 Å². The zero-order chi connectivity index (χ0) is 17.5. The quantitative estimate of drug-likeness (QED) is 0.336. The summed E-state index contributed by atoms with van der Waals surface area (Å²) in [6.07, 6.45) is 0.215. The van der Waals surface area contributed by atoms with Crippen molar-refractivity contribution >= 4 is 52.6 Å². The normalized spacial score (nSPS) is 10.9. The zero-order valence-electron chi connectivity index (χ0n) is 12.4. The van der Waals surface area contributed by atoms with E-state index in [9.17, 15) is 4.79 Å². The topological polar surface area (TPSA) is 35.5 Å². The van der Waals surface area contributed by atoms with Gasteiger partial charge in [0, 0.05) is 12.8 Å². The minimum atomic E-state index is -0.823. The van der Waals surface area contributed by atoms with Gasteiger partial charge in [-0.2, -0.15) is 0 Å². The summed E-state index contributed by atoms with van der Waals surface area (Å²) in [5.74, 6) is 0.737. The van der Waals surface area contributed by atoms with Crippen LogP contribution in [0.5, 0.6) is 11.5 Å². The van der Waals surface area contributed by atoms with E-state index in [0.717, 1.165) is 11.1 Å². The van der Waals surface area contributed by atoms with E-state index in [4.69, 9.17) is 55.9 Å². The molecule has 128 valence electrons. The maximum absolute atomic E-state index is 11.8. The van der Waals surface area contributed by atoms with Gasteiger partial charge >= 0.3 is 6.16 Å². The first-order chi connectivity index (χ1) is 11.4. The Bertz CT molecular complexity index is 597. The monoisotopic (exact) mass is 406 g/mol. The van der Waals surface area contributed by atoms with Gasteiger partial charge in [-0.3, -0.25) is 0 Å². The molecule has 2 aromatic carbocycles. The average Bonchev–Trinajstić information content (AvgIpc) is 2.50. The lowest BCUT2D eigenvalue weighted by atomic mass is 10.2. The van der Waals surface area contributed by atoms with E-state index in [2.05, 4.69) is 0 Å². The first kappa shape index (κ1) is 19.2. The molecule has 7 heteroatoms. The van der Waals surface area contributed by atoms with E-state index in [-0.39, 0.29) is 0 Å². The summed E-state index contributed by atoms with van der Waals surface area (Å²) in [6.45, 7) is 0. The zero-order valence-corrected chi connectivity index (χ0v) is 15.4. The molecule has 0 bridgehead atoms. The van der Waals surface area contributed by atoms with Crippen molar-refractivity contribution in [3.05, 3.63) is 59.7 Å². The lowest BCUT2D eigenvalue weighted by Crippen LogP contribution is -2.13. The minimum absolute atomic E-state index is 0.369. The fraction of sp³-hybridized carbons (Fsp3) is 0.235. The first-order valence-corrected chi connectivity index (χ1v) is 8.81. The molecule has 0 amide bonds. The van der Waals surface area contributed by atoms with Gasteiger partial charge in [-0.25, -0.2) is 4.79 Å². The number of carbonyl (C=O) groups is 1. The van der Waals surface area contributed by atoms with Crippen LogP contribution in [0.4, 0.5) is 4.79 Å². The second-order valence-corrected chi connectivity index (χ2v) is 7.49. The van der Waals surface area contributed by atoms with E-state index in [1.54, 1.807) is 48.5 Å². The maximum atomic E-state index is 11.8. The molecule has 0 aliphatic carbocycles. The van der Waals surface area contributed by atoms with Crippen molar-refractivity contribution in [2.24, 2.45) is 0 Å². The van der Waals surface area contributed by atoms with E-state index >= 15 is 0 Å². The molecule has 0 spiro atoms. The van der Waals surface area contributed by atoms with Gasteiger partial charge in [-0.05, 0) is 35.4 Å². The fourth-order valence-electron chi connectivity index (χ4n) is 1.96. The summed E-state index contributed by atoms with van der Waals surface area (Å²) in [5.41, 5.74) is 1.89. The van der Waals surface area contributed by atoms with Crippen molar-refractivity contribution in [3.8, 4) is 11.5 Å². The molecule has 0 fully saturated rings. The predicted molar refractivity (Wildman–Crippen MR) is 97.9 cm³/mol. The molecule has 0 aliphatic heterocycles. The first-order valence-electron chi connectivity index (χ1n) is 7.06. The number of alkyl halides is 4. The van der Waals surface area contributed by atoms with Crippen molar-refractivity contribution in [1.82, 2.24) is 0 Å². The van der Waals surface area contributed by atoms with Crippen molar-refractivity contribution in [2.75, 3.05) is 0 Å². The van der Waals surface area contributed by atoms with Crippen molar-refractivity contribution in [1.29, 1.82) is 0 Å². The van der Waals surface area contributed by atoms with Gasteiger partial charge in [0.1, 0.15) is 21.2 Å². The van der Waals surface area contributed by atoms with Gasteiger partial charge in [0.15, 0.2) is 0 Å². The van der Waals surface area contributed by atoms with E-state index in [1.807, 2.05) is 0 Å². The lowest BCUT2D eigenvalue weighted by Gasteiger charge is -2.08. The van der Waals surface area contributed by atoms with Crippen LogP contribution in [0.25, 0.3) is 0 Å². The van der Waals surface area contributed by atoms with E-state index in [1.165, 1.54) is 0 Å². The smallest absolute Gasteiger partial charge is 0.395 e. The molecule has 0 aliphatic rings. The fourth-order valence-corrected chi connectivity index (χ4v) is 2.67. The Balaban J connectivity index is 1.88. The van der Waals surface area contributed by atoms with Gasteiger partial charge in [-0.15, -0.1) is 46.4 Å². The van der Waals surface area contributed by atoms with Gasteiger partial charge in [-0.1, -0.05) is 24.3 Å². The summed E-state index contributed by atoms with van der Waals surface area (Å²) in [4.78, 5) is 10.8. The van der Waals surface area contributed by atoms with Crippen LogP contribution >= 0.6 is 46.4 Å². The van der Waals surface area contributed by atoms with Crippen LogP contribution in [0.2, 0.25) is 0 Å². The summed E-state index contributed by atoms with van der Waals surface area (Å²) in [5, 5.41) is 0. The van der Waals surface area contributed by atoms with Crippen LogP contribution in [-0.4, -0.2) is 15.8 Å².